The molecular formula is C14H22N2O2. The number of benzene rings is 1. The molecule has 0 saturated carbocycles. The molecule has 0 heterocycles. The highest BCUT2D eigenvalue weighted by Gasteiger charge is 2.22. The normalized spacial score (nSPS) is 15.2. The van der Waals surface area contributed by atoms with Crippen LogP contribution in [0.25, 0.3) is 0 Å². The van der Waals surface area contributed by atoms with Crippen molar-refractivity contribution in [2.45, 2.75) is 46.7 Å². The zero-order chi connectivity index (χ0) is 13.9. The van der Waals surface area contributed by atoms with Gasteiger partial charge in [-0.3, -0.25) is 10.1 Å². The molecule has 1 N–H and O–H groups in total. The summed E-state index contributed by atoms with van der Waals surface area (Å²) in [6.45, 7) is 10.7. The van der Waals surface area contributed by atoms with Crippen LogP contribution < -0.4 is 5.32 Å². The molecule has 0 bridgehead atoms. The molecule has 2 unspecified atom stereocenters. The van der Waals surface area contributed by atoms with E-state index in [4.69, 9.17) is 0 Å². The molecule has 0 spiro atoms. The lowest BCUT2D eigenvalue weighted by Crippen LogP contribution is -2.39. The zero-order valence-electron chi connectivity index (χ0n) is 11.7. The Bertz CT molecular complexity index is 424. The number of hydrogen-bond acceptors (Lipinski definition) is 3. The molecule has 0 amide bonds. The van der Waals surface area contributed by atoms with Crippen LogP contribution in [0.15, 0.2) is 24.3 Å². The molecule has 4 heteroatoms. The predicted octanol–water partition coefficient (Wildman–Crippen LogP) is 3.68. The first kappa shape index (κ1) is 14.6. The fourth-order valence-corrected chi connectivity index (χ4v) is 1.63. The lowest BCUT2D eigenvalue weighted by Gasteiger charge is -2.31. The summed E-state index contributed by atoms with van der Waals surface area (Å²) in [7, 11) is 0. The minimum Gasteiger partial charge on any atom is -0.307 e. The number of nitro groups is 1. The highest BCUT2D eigenvalue weighted by atomic mass is 16.6. The van der Waals surface area contributed by atoms with Crippen LogP contribution in [0.2, 0.25) is 0 Å². The van der Waals surface area contributed by atoms with Crippen molar-refractivity contribution in [3.63, 3.8) is 0 Å². The number of hydrogen-bond donors (Lipinski definition) is 1. The Morgan fingerprint density at radius 3 is 2.39 bits per heavy atom. The quantitative estimate of drug-likeness (QED) is 0.655. The smallest absolute Gasteiger partial charge is 0.269 e. The standard InChI is InChI=1S/C14H22N2O2/c1-10(15-11(2)14(3,4)5)12-7-6-8-13(9-12)16(17)18/h6-11,15H,1-5H3. The van der Waals surface area contributed by atoms with Crippen LogP contribution in [0.5, 0.6) is 0 Å². The highest BCUT2D eigenvalue weighted by Crippen LogP contribution is 2.24. The van der Waals surface area contributed by atoms with Crippen molar-refractivity contribution in [2.24, 2.45) is 5.41 Å². The Morgan fingerprint density at radius 1 is 1.28 bits per heavy atom. The summed E-state index contributed by atoms with van der Waals surface area (Å²) in [5, 5.41) is 14.2. The van der Waals surface area contributed by atoms with Gasteiger partial charge in [-0.2, -0.15) is 0 Å². The van der Waals surface area contributed by atoms with Crippen LogP contribution in [-0.4, -0.2) is 11.0 Å². The second kappa shape index (κ2) is 5.48. The van der Waals surface area contributed by atoms with Crippen LogP contribution in [0, 0.1) is 15.5 Å². The van der Waals surface area contributed by atoms with E-state index in [0.717, 1.165) is 5.56 Å². The molecular weight excluding hydrogens is 228 g/mol. The summed E-state index contributed by atoms with van der Waals surface area (Å²) in [5.41, 5.74) is 1.25. The van der Waals surface area contributed by atoms with Gasteiger partial charge in [-0.15, -0.1) is 0 Å². The second-order valence-corrected chi connectivity index (χ2v) is 5.83. The summed E-state index contributed by atoms with van der Waals surface area (Å²) in [5.74, 6) is 0. The Balaban J connectivity index is 2.81. The van der Waals surface area contributed by atoms with Crippen LogP contribution in [0.3, 0.4) is 0 Å². The van der Waals surface area contributed by atoms with Crippen molar-refractivity contribution in [3.8, 4) is 0 Å². The molecule has 0 aliphatic rings. The van der Waals surface area contributed by atoms with E-state index in [1.54, 1.807) is 12.1 Å². The van der Waals surface area contributed by atoms with Gasteiger partial charge < -0.3 is 5.32 Å². The van der Waals surface area contributed by atoms with Gasteiger partial charge in [0.05, 0.1) is 4.92 Å². The van der Waals surface area contributed by atoms with Crippen molar-refractivity contribution in [1.29, 1.82) is 0 Å². The largest absolute Gasteiger partial charge is 0.307 e. The fourth-order valence-electron chi connectivity index (χ4n) is 1.63. The summed E-state index contributed by atoms with van der Waals surface area (Å²) < 4.78 is 0. The summed E-state index contributed by atoms with van der Waals surface area (Å²) in [6.07, 6.45) is 0. The topological polar surface area (TPSA) is 55.2 Å². The van der Waals surface area contributed by atoms with Gasteiger partial charge in [0.15, 0.2) is 0 Å². The van der Waals surface area contributed by atoms with Crippen molar-refractivity contribution in [3.05, 3.63) is 39.9 Å². The first-order valence-electron chi connectivity index (χ1n) is 6.22. The molecule has 4 nitrogen and oxygen atoms in total. The molecule has 0 aromatic heterocycles. The zero-order valence-corrected chi connectivity index (χ0v) is 11.7. The molecule has 0 fully saturated rings. The third-order valence-electron chi connectivity index (χ3n) is 3.38. The maximum Gasteiger partial charge on any atom is 0.269 e. The predicted molar refractivity (Wildman–Crippen MR) is 73.6 cm³/mol. The molecule has 2 atom stereocenters. The highest BCUT2D eigenvalue weighted by molar-refractivity contribution is 5.35. The number of nitro benzene ring substituents is 1. The first-order chi connectivity index (χ1) is 8.21. The van der Waals surface area contributed by atoms with Gasteiger partial charge in [0.2, 0.25) is 0 Å². The summed E-state index contributed by atoms with van der Waals surface area (Å²) >= 11 is 0. The Kier molecular flexibility index (Phi) is 4.46. The van der Waals surface area contributed by atoms with Crippen LogP contribution in [-0.2, 0) is 0 Å². The maximum atomic E-state index is 10.7. The molecule has 0 saturated heterocycles. The molecule has 0 radical (unpaired) electrons. The van der Waals surface area contributed by atoms with E-state index in [9.17, 15) is 10.1 Å². The van der Waals surface area contributed by atoms with E-state index in [-0.39, 0.29) is 22.1 Å². The number of rotatable bonds is 4. The third-order valence-corrected chi connectivity index (χ3v) is 3.38. The van der Waals surface area contributed by atoms with E-state index < -0.39 is 0 Å². The van der Waals surface area contributed by atoms with Crippen molar-refractivity contribution in [2.75, 3.05) is 0 Å². The average molecular weight is 250 g/mol. The second-order valence-electron chi connectivity index (χ2n) is 5.83. The lowest BCUT2D eigenvalue weighted by molar-refractivity contribution is -0.384. The number of nitrogens with one attached hydrogen (secondary N) is 1. The SMILES string of the molecule is CC(NC(C)C(C)(C)C)c1cccc([N+](=O)[O-])c1. The summed E-state index contributed by atoms with van der Waals surface area (Å²) in [4.78, 5) is 10.4. The minimum absolute atomic E-state index is 0.0964. The van der Waals surface area contributed by atoms with Crippen LogP contribution >= 0.6 is 0 Å². The Labute approximate surface area is 109 Å². The van der Waals surface area contributed by atoms with Gasteiger partial charge in [0.1, 0.15) is 0 Å². The van der Waals surface area contributed by atoms with E-state index >= 15 is 0 Å². The molecule has 1 aromatic rings. The van der Waals surface area contributed by atoms with E-state index in [2.05, 4.69) is 33.0 Å². The molecule has 1 aromatic carbocycles. The minimum atomic E-state index is -0.358. The van der Waals surface area contributed by atoms with Crippen molar-refractivity contribution < 1.29 is 4.92 Å². The van der Waals surface area contributed by atoms with Gasteiger partial charge in [0.25, 0.3) is 5.69 Å². The number of non-ortho nitro benzene ring substituents is 1. The molecule has 1 rings (SSSR count). The summed E-state index contributed by atoms with van der Waals surface area (Å²) in [6, 6.07) is 7.22. The Morgan fingerprint density at radius 2 is 1.89 bits per heavy atom. The molecule has 0 aliphatic heterocycles. The first-order valence-corrected chi connectivity index (χ1v) is 6.22. The van der Waals surface area contributed by atoms with Crippen molar-refractivity contribution in [1.82, 2.24) is 5.32 Å². The van der Waals surface area contributed by atoms with E-state index in [1.165, 1.54) is 6.07 Å². The van der Waals surface area contributed by atoms with E-state index in [1.807, 2.05) is 13.0 Å². The van der Waals surface area contributed by atoms with Gasteiger partial charge in [-0.25, -0.2) is 0 Å². The molecule has 0 aliphatic carbocycles. The van der Waals surface area contributed by atoms with Crippen LogP contribution in [0.1, 0.15) is 46.2 Å². The van der Waals surface area contributed by atoms with Gasteiger partial charge in [-0.05, 0) is 24.8 Å². The third kappa shape index (κ3) is 3.81. The lowest BCUT2D eigenvalue weighted by atomic mass is 9.87. The van der Waals surface area contributed by atoms with Crippen molar-refractivity contribution >= 4 is 5.69 Å². The number of nitrogens with zero attached hydrogens (tertiary/aromatic N) is 1. The van der Waals surface area contributed by atoms with Crippen LogP contribution in [0.4, 0.5) is 5.69 Å². The Hall–Kier alpha value is -1.42. The van der Waals surface area contributed by atoms with Gasteiger partial charge in [-0.1, -0.05) is 32.9 Å². The molecule has 100 valence electrons. The van der Waals surface area contributed by atoms with Gasteiger partial charge >= 0.3 is 0 Å². The fraction of sp³-hybridized carbons (Fsp3) is 0.571. The monoisotopic (exact) mass is 250 g/mol. The molecule has 18 heavy (non-hydrogen) atoms. The average Bonchev–Trinajstić information content (AvgIpc) is 2.27. The van der Waals surface area contributed by atoms with Gasteiger partial charge in [0, 0.05) is 24.2 Å². The van der Waals surface area contributed by atoms with E-state index in [0.29, 0.717) is 6.04 Å². The maximum absolute atomic E-state index is 10.7.